The van der Waals surface area contributed by atoms with E-state index in [1.54, 1.807) is 20.8 Å². The molecule has 2 aliphatic rings. The average Bonchev–Trinajstić information content (AvgIpc) is 3.23. The minimum Gasteiger partial charge on any atom is -0.444 e. The van der Waals surface area contributed by atoms with Gasteiger partial charge in [-0.2, -0.15) is 8.78 Å². The highest BCUT2D eigenvalue weighted by atomic mass is 32.2. The number of thioether (sulfide) groups is 1. The molecule has 2 atom stereocenters. The molecule has 2 aliphatic heterocycles. The van der Waals surface area contributed by atoms with Crippen molar-refractivity contribution in [2.24, 2.45) is 10.9 Å². The molecule has 3 heterocycles. The number of nitrogens with zero attached hydrogens (tertiary/aromatic N) is 2. The van der Waals surface area contributed by atoms with Crippen molar-refractivity contribution in [3.05, 3.63) is 53.6 Å². The summed E-state index contributed by atoms with van der Waals surface area (Å²) in [7, 11) is 0. The van der Waals surface area contributed by atoms with Crippen molar-refractivity contribution in [2.75, 3.05) is 17.7 Å². The van der Waals surface area contributed by atoms with E-state index in [1.165, 1.54) is 42.1 Å². The second kappa shape index (κ2) is 10.6. The number of pyridine rings is 1. The topological polar surface area (TPSA) is 111 Å². The van der Waals surface area contributed by atoms with Gasteiger partial charge in [0.1, 0.15) is 22.9 Å². The fraction of sp³-hybridized carbons (Fsp3) is 0.417. The Labute approximate surface area is 215 Å². The van der Waals surface area contributed by atoms with E-state index < -0.39 is 35.8 Å². The third kappa shape index (κ3) is 6.34. The van der Waals surface area contributed by atoms with Crippen LogP contribution in [0.2, 0.25) is 0 Å². The van der Waals surface area contributed by atoms with Crippen molar-refractivity contribution < 1.29 is 37.0 Å². The van der Waals surface area contributed by atoms with Gasteiger partial charge in [0.15, 0.2) is 10.9 Å². The minimum atomic E-state index is -3.01. The molecule has 0 spiro atoms. The molecule has 1 aromatic carbocycles. The molecule has 1 fully saturated rings. The summed E-state index contributed by atoms with van der Waals surface area (Å²) in [5, 5.41) is 5.45. The van der Waals surface area contributed by atoms with Gasteiger partial charge in [-0.15, -0.1) is 0 Å². The Morgan fingerprint density at radius 1 is 1.22 bits per heavy atom. The SMILES string of the molecule is CC(C)(C)OC(=O)NC1=N[C@@]2(c3cc(NC(=O)c4ccc(OC(F)F)cn4)ccc3F)OCC[C@H]2CS1. The summed E-state index contributed by atoms with van der Waals surface area (Å²) in [5.74, 6) is -1.09. The number of hydrogen-bond acceptors (Lipinski definition) is 8. The lowest BCUT2D eigenvalue weighted by atomic mass is 9.89. The summed E-state index contributed by atoms with van der Waals surface area (Å²) in [6.45, 7) is 2.52. The quantitative estimate of drug-likeness (QED) is 0.558. The van der Waals surface area contributed by atoms with E-state index in [2.05, 4.69) is 25.3 Å². The Morgan fingerprint density at radius 3 is 2.68 bits per heavy atom. The third-order valence-corrected chi connectivity index (χ3v) is 6.48. The first-order valence-electron chi connectivity index (χ1n) is 11.3. The van der Waals surface area contributed by atoms with Gasteiger partial charge >= 0.3 is 12.7 Å². The number of fused-ring (bicyclic) bond motifs is 1. The van der Waals surface area contributed by atoms with E-state index in [0.717, 1.165) is 6.20 Å². The number of anilines is 1. The van der Waals surface area contributed by atoms with Crippen LogP contribution in [0.1, 0.15) is 43.2 Å². The highest BCUT2D eigenvalue weighted by Crippen LogP contribution is 2.48. The number of alkyl halides is 2. The van der Waals surface area contributed by atoms with E-state index in [9.17, 15) is 18.4 Å². The molecule has 1 saturated heterocycles. The lowest BCUT2D eigenvalue weighted by molar-refractivity contribution is -0.0500. The second-order valence-electron chi connectivity index (χ2n) is 9.29. The molecule has 198 valence electrons. The lowest BCUT2D eigenvalue weighted by Gasteiger charge is -2.35. The number of aliphatic imine (C=N–C) groups is 1. The Morgan fingerprint density at radius 2 is 2.00 bits per heavy atom. The molecule has 13 heteroatoms. The normalized spacial score (nSPS) is 21.2. The molecule has 2 aromatic rings. The van der Waals surface area contributed by atoms with Crippen LogP contribution in [0.25, 0.3) is 0 Å². The van der Waals surface area contributed by atoms with Gasteiger partial charge in [0.2, 0.25) is 0 Å². The van der Waals surface area contributed by atoms with E-state index in [1.807, 2.05) is 0 Å². The van der Waals surface area contributed by atoms with Crippen molar-refractivity contribution >= 4 is 34.6 Å². The molecule has 0 saturated carbocycles. The van der Waals surface area contributed by atoms with Gasteiger partial charge in [-0.3, -0.25) is 10.1 Å². The van der Waals surface area contributed by atoms with Gasteiger partial charge in [0.05, 0.1) is 12.8 Å². The number of amidine groups is 1. The number of ether oxygens (including phenoxy) is 3. The maximum atomic E-state index is 15.1. The largest absolute Gasteiger partial charge is 0.444 e. The Hall–Kier alpha value is -3.32. The number of nitrogens with one attached hydrogen (secondary N) is 2. The smallest absolute Gasteiger partial charge is 0.413 e. The van der Waals surface area contributed by atoms with Crippen molar-refractivity contribution in [3.8, 4) is 5.75 Å². The Balaban J connectivity index is 1.57. The van der Waals surface area contributed by atoms with Crippen LogP contribution in [0.4, 0.5) is 23.7 Å². The van der Waals surface area contributed by atoms with Crippen LogP contribution >= 0.6 is 11.8 Å². The van der Waals surface area contributed by atoms with Crippen molar-refractivity contribution in [3.63, 3.8) is 0 Å². The highest BCUT2D eigenvalue weighted by Gasteiger charge is 2.50. The molecule has 0 aliphatic carbocycles. The third-order valence-electron chi connectivity index (χ3n) is 5.44. The molecular weight excluding hydrogens is 513 g/mol. The molecule has 4 rings (SSSR count). The molecule has 0 bridgehead atoms. The predicted molar refractivity (Wildman–Crippen MR) is 130 cm³/mol. The fourth-order valence-electron chi connectivity index (χ4n) is 3.93. The molecule has 0 unspecified atom stereocenters. The summed E-state index contributed by atoms with van der Waals surface area (Å²) in [6, 6.07) is 6.39. The van der Waals surface area contributed by atoms with Crippen LogP contribution in [0.3, 0.4) is 0 Å². The maximum Gasteiger partial charge on any atom is 0.413 e. The summed E-state index contributed by atoms with van der Waals surface area (Å²) < 4.78 is 55.3. The average molecular weight is 539 g/mol. The number of aromatic nitrogens is 1. The first kappa shape index (κ1) is 26.7. The molecule has 1 aromatic heterocycles. The Kier molecular flexibility index (Phi) is 7.64. The standard InChI is InChI=1S/C24H25F3N4O5S/c1-23(2,3)36-22(33)30-21-31-24(13(12-37-21)8-9-34-24)16-10-14(4-6-17(16)25)29-19(32)18-7-5-15(11-28-18)35-20(26)27/h4-7,10-11,13,20H,8-9,12H2,1-3H3,(H,29,32)(H,30,31,33)/t13-,24+/m0/s1. The molecular formula is C24H25F3N4O5S. The monoisotopic (exact) mass is 538 g/mol. The van der Waals surface area contributed by atoms with Crippen molar-refractivity contribution in [2.45, 2.75) is 45.1 Å². The summed E-state index contributed by atoms with van der Waals surface area (Å²) in [5.41, 5.74) is -1.82. The Bertz CT molecular complexity index is 1210. The number of halogens is 3. The summed E-state index contributed by atoms with van der Waals surface area (Å²) >= 11 is 1.31. The first-order chi connectivity index (χ1) is 17.4. The number of amides is 2. The molecule has 2 N–H and O–H groups in total. The van der Waals surface area contributed by atoms with Gasteiger partial charge in [-0.25, -0.2) is 19.2 Å². The number of benzene rings is 1. The predicted octanol–water partition coefficient (Wildman–Crippen LogP) is 4.89. The zero-order valence-corrected chi connectivity index (χ0v) is 21.0. The van der Waals surface area contributed by atoms with Crippen molar-refractivity contribution in [1.82, 2.24) is 10.3 Å². The van der Waals surface area contributed by atoms with Crippen LogP contribution in [-0.2, 0) is 15.2 Å². The fourth-order valence-corrected chi connectivity index (χ4v) is 5.03. The number of carbonyl (C=O) groups is 2. The summed E-state index contributed by atoms with van der Waals surface area (Å²) in [4.78, 5) is 33.3. The summed E-state index contributed by atoms with van der Waals surface area (Å²) in [6.07, 6.45) is 0.938. The van der Waals surface area contributed by atoms with Crippen molar-refractivity contribution in [1.29, 1.82) is 0 Å². The van der Waals surface area contributed by atoms with E-state index in [4.69, 9.17) is 9.47 Å². The maximum absolute atomic E-state index is 15.1. The van der Waals surface area contributed by atoms with Crippen LogP contribution in [-0.4, -0.2) is 46.7 Å². The lowest BCUT2D eigenvalue weighted by Crippen LogP contribution is -2.42. The number of alkyl carbamates (subject to hydrolysis) is 1. The molecule has 2 amide bonds. The van der Waals surface area contributed by atoms with Gasteiger partial charge in [-0.05, 0) is 57.5 Å². The number of carbonyl (C=O) groups excluding carboxylic acids is 2. The van der Waals surface area contributed by atoms with Crippen LogP contribution in [0.15, 0.2) is 41.5 Å². The first-order valence-corrected chi connectivity index (χ1v) is 12.3. The molecule has 9 nitrogen and oxygen atoms in total. The zero-order chi connectivity index (χ0) is 26.8. The van der Waals surface area contributed by atoms with Crippen LogP contribution < -0.4 is 15.4 Å². The van der Waals surface area contributed by atoms with Gasteiger partial charge in [0.25, 0.3) is 5.91 Å². The van der Waals surface area contributed by atoms with E-state index in [-0.39, 0.29) is 33.8 Å². The van der Waals surface area contributed by atoms with E-state index in [0.29, 0.717) is 18.8 Å². The van der Waals surface area contributed by atoms with Gasteiger partial charge < -0.3 is 19.5 Å². The van der Waals surface area contributed by atoms with Crippen LogP contribution in [0, 0.1) is 11.7 Å². The van der Waals surface area contributed by atoms with Gasteiger partial charge in [-0.1, -0.05) is 11.8 Å². The number of hydrogen-bond donors (Lipinski definition) is 2. The van der Waals surface area contributed by atoms with Gasteiger partial charge in [0, 0.05) is 22.9 Å². The second-order valence-corrected chi connectivity index (χ2v) is 10.3. The van der Waals surface area contributed by atoms with Crippen LogP contribution in [0.5, 0.6) is 5.75 Å². The molecule has 37 heavy (non-hydrogen) atoms. The highest BCUT2D eigenvalue weighted by molar-refractivity contribution is 8.13. The molecule has 0 radical (unpaired) electrons. The minimum absolute atomic E-state index is 0.0587. The van der Waals surface area contributed by atoms with E-state index >= 15 is 4.39 Å². The zero-order valence-electron chi connectivity index (χ0n) is 20.2. The number of rotatable bonds is 5.